The summed E-state index contributed by atoms with van der Waals surface area (Å²) >= 11 is 0. The number of anilines is 1. The van der Waals surface area contributed by atoms with E-state index in [-0.39, 0.29) is 5.97 Å². The third kappa shape index (κ3) is 5.06. The van der Waals surface area contributed by atoms with Gasteiger partial charge in [0.05, 0.1) is 12.1 Å². The van der Waals surface area contributed by atoms with Crippen LogP contribution in [-0.4, -0.2) is 26.1 Å². The summed E-state index contributed by atoms with van der Waals surface area (Å²) in [6.07, 6.45) is 1.87. The molecule has 2 aromatic carbocycles. The highest BCUT2D eigenvalue weighted by molar-refractivity contribution is 5.97. The van der Waals surface area contributed by atoms with Gasteiger partial charge in [-0.25, -0.2) is 14.8 Å². The van der Waals surface area contributed by atoms with Gasteiger partial charge < -0.3 is 15.0 Å². The smallest absolute Gasteiger partial charge is 0.339 e. The lowest BCUT2D eigenvalue weighted by Crippen LogP contribution is -2.24. The topological polar surface area (TPSA) is 83.0 Å². The Balaban J connectivity index is 1.64. The Morgan fingerprint density at radius 2 is 1.73 bits per heavy atom. The molecule has 0 spiro atoms. The maximum absolute atomic E-state index is 12.7. The fourth-order valence-electron chi connectivity index (χ4n) is 3.86. The van der Waals surface area contributed by atoms with Crippen molar-refractivity contribution in [3.05, 3.63) is 77.6 Å². The highest BCUT2D eigenvalue weighted by Gasteiger charge is 2.20. The van der Waals surface area contributed by atoms with Crippen LogP contribution in [0.25, 0.3) is 22.3 Å². The highest BCUT2D eigenvalue weighted by Crippen LogP contribution is 2.27. The van der Waals surface area contributed by atoms with Crippen molar-refractivity contribution < 1.29 is 9.53 Å². The quantitative estimate of drug-likeness (QED) is 0.391. The number of carbonyl (C=O) groups is 1. The van der Waals surface area contributed by atoms with Gasteiger partial charge in [0, 0.05) is 6.42 Å². The van der Waals surface area contributed by atoms with Crippen LogP contribution in [-0.2, 0) is 17.7 Å². The second-order valence-corrected chi connectivity index (χ2v) is 9.19. The summed E-state index contributed by atoms with van der Waals surface area (Å²) in [5.41, 5.74) is 10.6. The van der Waals surface area contributed by atoms with Gasteiger partial charge >= 0.3 is 5.97 Å². The minimum absolute atomic E-state index is 0.320. The maximum Gasteiger partial charge on any atom is 0.339 e. The molecule has 0 radical (unpaired) electrons. The first kappa shape index (κ1) is 22.5. The lowest BCUT2D eigenvalue weighted by atomic mass is 9.98. The van der Waals surface area contributed by atoms with Crippen molar-refractivity contribution in [2.75, 3.05) is 5.73 Å². The van der Waals surface area contributed by atoms with E-state index in [0.717, 1.165) is 46.5 Å². The monoisotopic (exact) mass is 442 g/mol. The Hall–Kier alpha value is -3.67. The minimum atomic E-state index is -0.546. The molecule has 6 nitrogen and oxygen atoms in total. The summed E-state index contributed by atoms with van der Waals surface area (Å²) in [6, 6.07) is 19.5. The number of pyridine rings is 1. The number of benzene rings is 2. The van der Waals surface area contributed by atoms with Crippen molar-refractivity contribution in [2.45, 2.75) is 52.7 Å². The summed E-state index contributed by atoms with van der Waals surface area (Å²) in [5, 5.41) is 0. The average Bonchev–Trinajstić information content (AvgIpc) is 3.10. The van der Waals surface area contributed by atoms with Crippen molar-refractivity contribution in [1.29, 1.82) is 0 Å². The summed E-state index contributed by atoms with van der Waals surface area (Å²) in [4.78, 5) is 22.0. The van der Waals surface area contributed by atoms with E-state index in [9.17, 15) is 4.79 Å². The number of hydrogen-bond donors (Lipinski definition) is 1. The van der Waals surface area contributed by atoms with Gasteiger partial charge in [0.15, 0.2) is 5.65 Å². The Bertz CT molecular complexity index is 1280. The molecular weight excluding hydrogens is 412 g/mol. The molecule has 0 aliphatic carbocycles. The van der Waals surface area contributed by atoms with Gasteiger partial charge in [0.25, 0.3) is 0 Å². The van der Waals surface area contributed by atoms with Crippen molar-refractivity contribution in [1.82, 2.24) is 14.5 Å². The second kappa shape index (κ2) is 9.06. The summed E-state index contributed by atoms with van der Waals surface area (Å²) < 4.78 is 7.74. The Labute approximate surface area is 194 Å². The second-order valence-electron chi connectivity index (χ2n) is 9.19. The number of aromatic nitrogens is 3. The molecule has 33 heavy (non-hydrogen) atoms. The summed E-state index contributed by atoms with van der Waals surface area (Å²) in [7, 11) is 0. The molecule has 0 unspecified atom stereocenters. The number of rotatable bonds is 6. The Kier molecular flexibility index (Phi) is 6.18. The third-order valence-corrected chi connectivity index (χ3v) is 5.32. The number of nitrogens with zero attached hydrogens (tertiary/aromatic N) is 3. The van der Waals surface area contributed by atoms with Crippen molar-refractivity contribution in [3.63, 3.8) is 0 Å². The predicted octanol–water partition coefficient (Wildman–Crippen LogP) is 5.64. The van der Waals surface area contributed by atoms with E-state index in [1.807, 2.05) is 63.2 Å². The predicted molar refractivity (Wildman–Crippen MR) is 132 cm³/mol. The average molecular weight is 443 g/mol. The maximum atomic E-state index is 12.7. The number of aryl methyl sites for hydroxylation is 1. The molecule has 2 heterocycles. The molecule has 4 aromatic rings. The molecular formula is C27H30N4O2. The van der Waals surface area contributed by atoms with E-state index in [4.69, 9.17) is 15.5 Å². The number of nitrogens with two attached hydrogens (primary N) is 1. The van der Waals surface area contributed by atoms with Gasteiger partial charge in [-0.05, 0) is 62.1 Å². The van der Waals surface area contributed by atoms with Crippen LogP contribution < -0.4 is 5.73 Å². The van der Waals surface area contributed by atoms with Crippen LogP contribution in [0.4, 0.5) is 5.82 Å². The van der Waals surface area contributed by atoms with Crippen molar-refractivity contribution in [3.8, 4) is 11.1 Å². The van der Waals surface area contributed by atoms with Crippen LogP contribution in [0, 0.1) is 0 Å². The van der Waals surface area contributed by atoms with Gasteiger partial charge in [-0.1, -0.05) is 49.4 Å². The first-order valence-electron chi connectivity index (χ1n) is 11.3. The van der Waals surface area contributed by atoms with E-state index in [2.05, 4.69) is 28.6 Å². The normalized spacial score (nSPS) is 11.6. The standard InChI is InChI=1S/C27H30N4O2/c1-5-8-24-29-22-15-16-23(28)30-25(22)31(24)17-18-11-13-19(14-12-18)20-9-6-7-10-21(20)26(32)33-27(2,3)4/h6-7,9-16H,5,8,17H2,1-4H3,(H2,28,30). The zero-order valence-electron chi connectivity index (χ0n) is 19.6. The number of hydrogen-bond acceptors (Lipinski definition) is 5. The lowest BCUT2D eigenvalue weighted by Gasteiger charge is -2.20. The molecule has 4 rings (SSSR count). The van der Waals surface area contributed by atoms with Gasteiger partial charge in [-0.15, -0.1) is 0 Å². The summed E-state index contributed by atoms with van der Waals surface area (Å²) in [6.45, 7) is 8.41. The van der Waals surface area contributed by atoms with Gasteiger partial charge in [-0.2, -0.15) is 0 Å². The number of imidazole rings is 1. The number of fused-ring (bicyclic) bond motifs is 1. The fraction of sp³-hybridized carbons (Fsp3) is 0.296. The van der Waals surface area contributed by atoms with Crippen LogP contribution in [0.1, 0.15) is 55.9 Å². The van der Waals surface area contributed by atoms with Gasteiger partial charge in [0.2, 0.25) is 0 Å². The number of esters is 1. The van der Waals surface area contributed by atoms with Gasteiger partial charge in [0.1, 0.15) is 22.8 Å². The number of ether oxygens (including phenoxy) is 1. The first-order chi connectivity index (χ1) is 15.7. The van der Waals surface area contributed by atoms with Crippen molar-refractivity contribution >= 4 is 23.0 Å². The Morgan fingerprint density at radius 1 is 1.00 bits per heavy atom. The highest BCUT2D eigenvalue weighted by atomic mass is 16.6. The minimum Gasteiger partial charge on any atom is -0.456 e. The summed E-state index contributed by atoms with van der Waals surface area (Å²) in [5.74, 6) is 1.17. The molecule has 0 bridgehead atoms. The van der Waals surface area contributed by atoms with Crippen LogP contribution in [0.15, 0.2) is 60.7 Å². The molecule has 0 fully saturated rings. The molecule has 0 saturated carbocycles. The van der Waals surface area contributed by atoms with E-state index in [1.165, 1.54) is 0 Å². The first-order valence-corrected chi connectivity index (χ1v) is 11.3. The van der Waals surface area contributed by atoms with Gasteiger partial charge in [-0.3, -0.25) is 0 Å². The van der Waals surface area contributed by atoms with Crippen LogP contribution in [0.3, 0.4) is 0 Å². The number of nitrogen functional groups attached to an aromatic ring is 1. The zero-order valence-corrected chi connectivity index (χ0v) is 19.6. The molecule has 6 heteroatoms. The molecule has 0 atom stereocenters. The molecule has 170 valence electrons. The SMILES string of the molecule is CCCc1nc2ccc(N)nc2n1Cc1ccc(-c2ccccc2C(=O)OC(C)(C)C)cc1. The molecule has 0 aliphatic rings. The van der Waals surface area contributed by atoms with Crippen LogP contribution in [0.2, 0.25) is 0 Å². The zero-order chi connectivity index (χ0) is 23.6. The van der Waals surface area contributed by atoms with E-state index >= 15 is 0 Å². The van der Waals surface area contributed by atoms with Crippen LogP contribution >= 0.6 is 0 Å². The van der Waals surface area contributed by atoms with Crippen molar-refractivity contribution in [2.24, 2.45) is 0 Å². The molecule has 0 saturated heterocycles. The van der Waals surface area contributed by atoms with E-state index < -0.39 is 5.60 Å². The molecule has 2 aromatic heterocycles. The largest absolute Gasteiger partial charge is 0.456 e. The fourth-order valence-corrected chi connectivity index (χ4v) is 3.86. The van der Waals surface area contributed by atoms with Crippen LogP contribution in [0.5, 0.6) is 0 Å². The Morgan fingerprint density at radius 3 is 2.42 bits per heavy atom. The molecule has 0 amide bonds. The third-order valence-electron chi connectivity index (χ3n) is 5.32. The van der Waals surface area contributed by atoms with E-state index in [1.54, 1.807) is 6.07 Å². The lowest BCUT2D eigenvalue weighted by molar-refractivity contribution is 0.00704. The van der Waals surface area contributed by atoms with E-state index in [0.29, 0.717) is 17.9 Å². The molecule has 2 N–H and O–H groups in total. The number of carbonyl (C=O) groups excluding carboxylic acids is 1. The molecule has 0 aliphatic heterocycles.